The molecule has 2 heterocycles. The van der Waals surface area contributed by atoms with Crippen molar-refractivity contribution in [1.29, 1.82) is 0 Å². The largest absolute Gasteiger partial charge is 0.292 e. The molecule has 0 saturated carbocycles. The van der Waals surface area contributed by atoms with Gasteiger partial charge in [-0.05, 0) is 0 Å². The maximum Gasteiger partial charge on any atom is 0.184 e. The first-order valence-electron chi connectivity index (χ1n) is 2.97. The average molecular weight is 171 g/mol. The highest BCUT2D eigenvalue weighted by Gasteiger charge is 2.19. The molecule has 0 unspecified atom stereocenters. The summed E-state index contributed by atoms with van der Waals surface area (Å²) in [6.45, 7) is 0. The normalized spacial score (nSPS) is 17.0. The number of nitrogens with zero attached hydrogens (tertiary/aromatic N) is 1. The summed E-state index contributed by atoms with van der Waals surface area (Å²) in [5, 5.41) is 0. The van der Waals surface area contributed by atoms with Crippen molar-refractivity contribution in [3.8, 4) is 0 Å². The van der Waals surface area contributed by atoms with E-state index in [4.69, 9.17) is 0 Å². The molecule has 0 radical (unpaired) electrons. The summed E-state index contributed by atoms with van der Waals surface area (Å²) in [6, 6.07) is 0. The first kappa shape index (κ1) is 6.37. The van der Waals surface area contributed by atoms with Crippen LogP contribution in [0.15, 0.2) is 9.72 Å². The van der Waals surface area contributed by atoms with E-state index >= 15 is 0 Å². The van der Waals surface area contributed by atoms with Gasteiger partial charge in [0.25, 0.3) is 0 Å². The van der Waals surface area contributed by atoms with Gasteiger partial charge in [0, 0.05) is 12.2 Å². The summed E-state index contributed by atoms with van der Waals surface area (Å²) < 4.78 is 1.09. The van der Waals surface area contributed by atoms with Gasteiger partial charge >= 0.3 is 0 Å². The van der Waals surface area contributed by atoms with E-state index in [1.807, 2.05) is 0 Å². The molecule has 0 aliphatic carbocycles. The maximum absolute atomic E-state index is 11.1. The highest BCUT2D eigenvalue weighted by atomic mass is 32.2. The molecule has 1 aromatic rings. The number of fused-ring (bicyclic) bond motifs is 1. The topological polar surface area (TPSA) is 30.0 Å². The molecule has 0 aromatic carbocycles. The molecule has 0 saturated heterocycles. The van der Waals surface area contributed by atoms with Crippen molar-refractivity contribution in [3.63, 3.8) is 0 Å². The first-order valence-corrected chi connectivity index (χ1v) is 4.84. The van der Waals surface area contributed by atoms with Gasteiger partial charge in [-0.25, -0.2) is 4.98 Å². The van der Waals surface area contributed by atoms with Crippen molar-refractivity contribution < 1.29 is 4.79 Å². The molecule has 4 heteroatoms. The van der Waals surface area contributed by atoms with E-state index in [9.17, 15) is 4.79 Å². The number of hydrogen-bond donors (Lipinski definition) is 0. The molecule has 0 fully saturated rings. The number of aromatic nitrogens is 1. The van der Waals surface area contributed by atoms with Crippen LogP contribution >= 0.6 is 23.1 Å². The number of thioether (sulfide) groups is 1. The molecule has 0 atom stereocenters. The van der Waals surface area contributed by atoms with Crippen LogP contribution in [-0.4, -0.2) is 16.5 Å². The van der Waals surface area contributed by atoms with Crippen LogP contribution in [0.1, 0.15) is 16.9 Å². The van der Waals surface area contributed by atoms with Gasteiger partial charge < -0.3 is 0 Å². The molecule has 0 spiro atoms. The number of hydrogen-bond acceptors (Lipinski definition) is 4. The standard InChI is InChI=1S/C6H5NOS2/c8-4-1-2-9-6-5(4)7-3-10-6/h3H,1-2H2. The zero-order chi connectivity index (χ0) is 6.97. The van der Waals surface area contributed by atoms with E-state index in [1.165, 1.54) is 0 Å². The third kappa shape index (κ3) is 0.876. The van der Waals surface area contributed by atoms with E-state index in [-0.39, 0.29) is 5.78 Å². The highest BCUT2D eigenvalue weighted by molar-refractivity contribution is 8.01. The lowest BCUT2D eigenvalue weighted by molar-refractivity contribution is 0.0981. The average Bonchev–Trinajstić information content (AvgIpc) is 2.36. The monoisotopic (exact) mass is 171 g/mol. The van der Waals surface area contributed by atoms with Crippen molar-refractivity contribution in [2.24, 2.45) is 0 Å². The van der Waals surface area contributed by atoms with Crippen molar-refractivity contribution in [1.82, 2.24) is 4.98 Å². The number of Topliss-reactive ketones (excluding diaryl/α,β-unsaturated/α-hetero) is 1. The molecule has 10 heavy (non-hydrogen) atoms. The fraction of sp³-hybridized carbons (Fsp3) is 0.333. The minimum Gasteiger partial charge on any atom is -0.292 e. The van der Waals surface area contributed by atoms with E-state index in [0.717, 1.165) is 9.96 Å². The van der Waals surface area contributed by atoms with E-state index in [0.29, 0.717) is 12.1 Å². The highest BCUT2D eigenvalue weighted by Crippen LogP contribution is 2.32. The third-order valence-corrected chi connectivity index (χ3v) is 3.49. The lowest BCUT2D eigenvalue weighted by atomic mass is 10.2. The fourth-order valence-corrected chi connectivity index (χ4v) is 2.84. The molecule has 1 aliphatic heterocycles. The molecule has 52 valence electrons. The Hall–Kier alpha value is -0.350. The van der Waals surface area contributed by atoms with Crippen LogP contribution in [0.2, 0.25) is 0 Å². The molecular weight excluding hydrogens is 166 g/mol. The zero-order valence-corrected chi connectivity index (χ0v) is 6.80. The van der Waals surface area contributed by atoms with Gasteiger partial charge in [-0.3, -0.25) is 4.79 Å². The second-order valence-electron chi connectivity index (χ2n) is 2.01. The Morgan fingerprint density at radius 3 is 3.30 bits per heavy atom. The van der Waals surface area contributed by atoms with Gasteiger partial charge in [0.15, 0.2) is 5.78 Å². The third-order valence-electron chi connectivity index (χ3n) is 1.36. The molecule has 0 bridgehead atoms. The smallest absolute Gasteiger partial charge is 0.184 e. The summed E-state index contributed by atoms with van der Waals surface area (Å²) in [4.78, 5) is 15.1. The Morgan fingerprint density at radius 1 is 1.60 bits per heavy atom. The maximum atomic E-state index is 11.1. The number of carbonyl (C=O) groups is 1. The van der Waals surface area contributed by atoms with Crippen LogP contribution in [0.5, 0.6) is 0 Å². The minimum absolute atomic E-state index is 0.204. The van der Waals surface area contributed by atoms with Gasteiger partial charge in [-0.2, -0.15) is 0 Å². The molecule has 0 amide bonds. The lowest BCUT2D eigenvalue weighted by Crippen LogP contribution is -2.06. The first-order chi connectivity index (χ1) is 4.88. The van der Waals surface area contributed by atoms with Crippen LogP contribution in [-0.2, 0) is 0 Å². The molecule has 1 aromatic heterocycles. The SMILES string of the molecule is O=C1CCSc2scnc21. The number of thiazole rings is 1. The Kier molecular flexibility index (Phi) is 1.50. The molecule has 1 aliphatic rings. The Balaban J connectivity index is 2.50. The minimum atomic E-state index is 0.204. The Labute approximate surface area is 66.7 Å². The number of carbonyl (C=O) groups excluding carboxylic acids is 1. The van der Waals surface area contributed by atoms with E-state index in [2.05, 4.69) is 4.98 Å². The van der Waals surface area contributed by atoms with Crippen LogP contribution in [0, 0.1) is 0 Å². The van der Waals surface area contributed by atoms with Gasteiger partial charge in [0.2, 0.25) is 0 Å². The van der Waals surface area contributed by atoms with Crippen LogP contribution in [0.25, 0.3) is 0 Å². The van der Waals surface area contributed by atoms with Crippen LogP contribution < -0.4 is 0 Å². The second kappa shape index (κ2) is 2.36. The summed E-state index contributed by atoms with van der Waals surface area (Å²) in [5.41, 5.74) is 2.43. The van der Waals surface area contributed by atoms with Gasteiger partial charge in [-0.1, -0.05) is 0 Å². The van der Waals surface area contributed by atoms with Gasteiger partial charge in [0.05, 0.1) is 9.72 Å². The van der Waals surface area contributed by atoms with Crippen molar-refractivity contribution >= 4 is 28.9 Å². The predicted octanol–water partition coefficient (Wildman–Crippen LogP) is 1.82. The van der Waals surface area contributed by atoms with Crippen molar-refractivity contribution in [2.75, 3.05) is 5.75 Å². The number of ketones is 1. The van der Waals surface area contributed by atoms with Crippen molar-refractivity contribution in [3.05, 3.63) is 11.2 Å². The van der Waals surface area contributed by atoms with Gasteiger partial charge in [0.1, 0.15) is 5.69 Å². The molecule has 0 N–H and O–H groups in total. The molecule has 2 rings (SSSR count). The summed E-state index contributed by atoms with van der Waals surface area (Å²) in [5.74, 6) is 1.13. The predicted molar refractivity (Wildman–Crippen MR) is 41.8 cm³/mol. The van der Waals surface area contributed by atoms with Gasteiger partial charge in [-0.15, -0.1) is 23.1 Å². The summed E-state index contributed by atoms with van der Waals surface area (Å²) >= 11 is 3.29. The number of rotatable bonds is 0. The molecule has 2 nitrogen and oxygen atoms in total. The summed E-state index contributed by atoms with van der Waals surface area (Å²) in [6.07, 6.45) is 0.654. The van der Waals surface area contributed by atoms with E-state index < -0.39 is 0 Å². The second-order valence-corrected chi connectivity index (χ2v) is 4.23. The van der Waals surface area contributed by atoms with Crippen molar-refractivity contribution in [2.45, 2.75) is 10.6 Å². The van der Waals surface area contributed by atoms with Crippen LogP contribution in [0.4, 0.5) is 0 Å². The van der Waals surface area contributed by atoms with E-state index in [1.54, 1.807) is 28.6 Å². The lowest BCUT2D eigenvalue weighted by Gasteiger charge is -2.05. The molecular formula is C6H5NOS2. The zero-order valence-electron chi connectivity index (χ0n) is 5.16. The van der Waals surface area contributed by atoms with Crippen LogP contribution in [0.3, 0.4) is 0 Å². The summed E-state index contributed by atoms with van der Waals surface area (Å²) in [7, 11) is 0. The quantitative estimate of drug-likeness (QED) is 0.596. The Morgan fingerprint density at radius 2 is 2.50 bits per heavy atom. The Bertz CT molecular complexity index is 268. The fourth-order valence-electron chi connectivity index (χ4n) is 0.878.